The quantitative estimate of drug-likeness (QED) is 0.499. The van der Waals surface area contributed by atoms with Crippen LogP contribution in [0.2, 0.25) is 0 Å². The predicted molar refractivity (Wildman–Crippen MR) is 72.3 cm³/mol. The molecular weight excluding hydrogens is 244 g/mol. The minimum absolute atomic E-state index is 0.119. The number of unbranched alkanes of at least 4 members (excludes halogenated alkanes) is 4. The van der Waals surface area contributed by atoms with Crippen molar-refractivity contribution in [3.05, 3.63) is 11.5 Å². The van der Waals surface area contributed by atoms with Gasteiger partial charge in [-0.25, -0.2) is 0 Å². The molecule has 1 aliphatic heterocycles. The van der Waals surface area contributed by atoms with Crippen molar-refractivity contribution in [1.82, 2.24) is 0 Å². The summed E-state index contributed by atoms with van der Waals surface area (Å²) in [5.41, 5.74) is 0. The van der Waals surface area contributed by atoms with Crippen molar-refractivity contribution in [3.8, 4) is 0 Å². The molecule has 1 aliphatic rings. The van der Waals surface area contributed by atoms with Gasteiger partial charge in [0.2, 0.25) is 11.5 Å². The van der Waals surface area contributed by atoms with Gasteiger partial charge in [-0.1, -0.05) is 39.5 Å². The lowest BCUT2D eigenvalue weighted by atomic mass is 10.1. The summed E-state index contributed by atoms with van der Waals surface area (Å²) < 4.78 is 10.5. The summed E-state index contributed by atoms with van der Waals surface area (Å²) in [6, 6.07) is 0. The molecule has 108 valence electrons. The highest BCUT2D eigenvalue weighted by Gasteiger charge is 2.33. The number of hydrogen-bond donors (Lipinski definition) is 0. The lowest BCUT2D eigenvalue weighted by Crippen LogP contribution is -2.16. The average Bonchev–Trinajstić information content (AvgIpc) is 2.66. The zero-order valence-corrected chi connectivity index (χ0v) is 12.2. The Kier molecular flexibility index (Phi) is 6.60. The molecule has 0 aromatic heterocycles. The second-order valence-corrected chi connectivity index (χ2v) is 4.87. The van der Waals surface area contributed by atoms with Crippen LogP contribution >= 0.6 is 0 Å². The van der Waals surface area contributed by atoms with E-state index in [0.29, 0.717) is 18.6 Å². The molecule has 1 unspecified atom stereocenters. The third kappa shape index (κ3) is 4.69. The molecule has 0 aromatic carbocycles. The van der Waals surface area contributed by atoms with Crippen LogP contribution < -0.4 is 0 Å². The highest BCUT2D eigenvalue weighted by atomic mass is 16.6. The van der Waals surface area contributed by atoms with Crippen molar-refractivity contribution in [3.63, 3.8) is 0 Å². The molecule has 0 saturated carbocycles. The highest BCUT2D eigenvalue weighted by molar-refractivity contribution is 6.00. The second-order valence-electron chi connectivity index (χ2n) is 4.87. The number of allylic oxidation sites excluding steroid dienone is 1. The number of esters is 1. The van der Waals surface area contributed by atoms with Gasteiger partial charge in [0.25, 0.3) is 0 Å². The Morgan fingerprint density at radius 1 is 1.21 bits per heavy atom. The molecule has 0 bridgehead atoms. The average molecular weight is 268 g/mol. The third-order valence-corrected chi connectivity index (χ3v) is 3.19. The largest absolute Gasteiger partial charge is 0.483 e. The molecule has 0 radical (unpaired) electrons. The van der Waals surface area contributed by atoms with Crippen LogP contribution in [-0.4, -0.2) is 17.9 Å². The molecule has 1 atom stereocenters. The Morgan fingerprint density at radius 2 is 1.89 bits per heavy atom. The Labute approximate surface area is 115 Å². The molecule has 4 heteroatoms. The van der Waals surface area contributed by atoms with E-state index in [0.717, 1.165) is 19.3 Å². The van der Waals surface area contributed by atoms with Gasteiger partial charge in [-0.2, -0.15) is 0 Å². The van der Waals surface area contributed by atoms with E-state index in [2.05, 4.69) is 6.92 Å². The van der Waals surface area contributed by atoms with Crippen LogP contribution in [-0.2, 0) is 19.1 Å². The predicted octanol–water partition coefficient (Wildman–Crippen LogP) is 3.50. The van der Waals surface area contributed by atoms with Crippen LogP contribution in [0, 0.1) is 0 Å². The Balaban J connectivity index is 2.37. The third-order valence-electron chi connectivity index (χ3n) is 3.19. The lowest BCUT2D eigenvalue weighted by molar-refractivity contribution is -0.142. The number of ketones is 1. The van der Waals surface area contributed by atoms with Crippen molar-refractivity contribution < 1.29 is 19.1 Å². The number of carbonyl (C=O) groups is 2. The summed E-state index contributed by atoms with van der Waals surface area (Å²) in [5, 5.41) is 0. The number of ether oxygens (including phenoxy) is 2. The molecular formula is C15H24O4. The SMILES string of the molecule is CCCCCCCC(=O)OC1=C(CC)OC(C)C1=O. The summed E-state index contributed by atoms with van der Waals surface area (Å²) in [6.07, 6.45) is 5.78. The van der Waals surface area contributed by atoms with Crippen LogP contribution in [0.3, 0.4) is 0 Å². The van der Waals surface area contributed by atoms with E-state index >= 15 is 0 Å². The number of Topliss-reactive ketones (excluding diaryl/α,β-unsaturated/α-hetero) is 1. The fraction of sp³-hybridized carbons (Fsp3) is 0.733. The molecule has 0 spiro atoms. The Bertz CT molecular complexity index is 357. The Morgan fingerprint density at radius 3 is 2.53 bits per heavy atom. The van der Waals surface area contributed by atoms with Gasteiger partial charge in [0.1, 0.15) is 5.76 Å². The topological polar surface area (TPSA) is 52.6 Å². The zero-order valence-electron chi connectivity index (χ0n) is 12.2. The van der Waals surface area contributed by atoms with Gasteiger partial charge in [0.15, 0.2) is 6.10 Å². The molecule has 0 aromatic rings. The van der Waals surface area contributed by atoms with Crippen LogP contribution in [0.4, 0.5) is 0 Å². The van der Waals surface area contributed by atoms with E-state index < -0.39 is 6.10 Å². The second kappa shape index (κ2) is 7.97. The monoisotopic (exact) mass is 268 g/mol. The van der Waals surface area contributed by atoms with Crippen molar-refractivity contribution in [2.24, 2.45) is 0 Å². The van der Waals surface area contributed by atoms with Gasteiger partial charge in [-0.15, -0.1) is 0 Å². The van der Waals surface area contributed by atoms with E-state index in [1.54, 1.807) is 6.92 Å². The summed E-state index contributed by atoms with van der Waals surface area (Å²) in [4.78, 5) is 23.4. The molecule has 1 rings (SSSR count). The van der Waals surface area contributed by atoms with Gasteiger partial charge < -0.3 is 9.47 Å². The standard InChI is InChI=1S/C15H24O4/c1-4-6-7-8-9-10-13(16)19-15-12(5-2)18-11(3)14(15)17/h11H,4-10H2,1-3H3. The van der Waals surface area contributed by atoms with Crippen LogP contribution in [0.1, 0.15) is 65.7 Å². The van der Waals surface area contributed by atoms with Crippen molar-refractivity contribution in [2.45, 2.75) is 71.8 Å². The molecule has 0 aliphatic carbocycles. The molecule has 0 fully saturated rings. The first kappa shape index (κ1) is 15.7. The fourth-order valence-electron chi connectivity index (χ4n) is 2.03. The van der Waals surface area contributed by atoms with Crippen LogP contribution in [0.5, 0.6) is 0 Å². The van der Waals surface area contributed by atoms with Gasteiger partial charge in [-0.3, -0.25) is 9.59 Å². The lowest BCUT2D eigenvalue weighted by Gasteiger charge is -2.04. The van der Waals surface area contributed by atoms with E-state index in [1.807, 2.05) is 6.92 Å². The van der Waals surface area contributed by atoms with Crippen LogP contribution in [0.25, 0.3) is 0 Å². The van der Waals surface area contributed by atoms with Gasteiger partial charge in [0.05, 0.1) is 0 Å². The van der Waals surface area contributed by atoms with Crippen LogP contribution in [0.15, 0.2) is 11.5 Å². The fourth-order valence-corrected chi connectivity index (χ4v) is 2.03. The van der Waals surface area contributed by atoms with E-state index in [1.165, 1.54) is 12.8 Å². The first-order valence-corrected chi connectivity index (χ1v) is 7.24. The molecule has 0 N–H and O–H groups in total. The molecule has 0 saturated heterocycles. The molecule has 0 amide bonds. The Hall–Kier alpha value is -1.32. The van der Waals surface area contributed by atoms with Gasteiger partial charge >= 0.3 is 5.97 Å². The normalized spacial score (nSPS) is 18.7. The first-order chi connectivity index (χ1) is 9.10. The maximum atomic E-state index is 11.8. The van der Waals surface area contributed by atoms with Gasteiger partial charge in [0, 0.05) is 12.8 Å². The number of rotatable bonds is 8. The van der Waals surface area contributed by atoms with Crippen molar-refractivity contribution >= 4 is 11.8 Å². The van der Waals surface area contributed by atoms with Crippen molar-refractivity contribution in [2.75, 3.05) is 0 Å². The van der Waals surface area contributed by atoms with Gasteiger partial charge in [-0.05, 0) is 13.3 Å². The molecule has 4 nitrogen and oxygen atoms in total. The summed E-state index contributed by atoms with van der Waals surface area (Å²) in [6.45, 7) is 5.70. The number of hydrogen-bond acceptors (Lipinski definition) is 4. The smallest absolute Gasteiger partial charge is 0.311 e. The van der Waals surface area contributed by atoms with E-state index in [9.17, 15) is 9.59 Å². The maximum absolute atomic E-state index is 11.8. The van der Waals surface area contributed by atoms with E-state index in [-0.39, 0.29) is 17.5 Å². The minimum Gasteiger partial charge on any atom is -0.483 e. The summed E-state index contributed by atoms with van der Waals surface area (Å²) in [5.74, 6) is 0.0603. The molecule has 1 heterocycles. The zero-order chi connectivity index (χ0) is 14.3. The van der Waals surface area contributed by atoms with Crippen molar-refractivity contribution in [1.29, 1.82) is 0 Å². The maximum Gasteiger partial charge on any atom is 0.311 e. The summed E-state index contributed by atoms with van der Waals surface area (Å²) >= 11 is 0. The first-order valence-electron chi connectivity index (χ1n) is 7.24. The number of carbonyl (C=O) groups excluding carboxylic acids is 2. The molecule has 19 heavy (non-hydrogen) atoms. The minimum atomic E-state index is -0.526. The highest BCUT2D eigenvalue weighted by Crippen LogP contribution is 2.25. The summed E-state index contributed by atoms with van der Waals surface area (Å²) in [7, 11) is 0. The van der Waals surface area contributed by atoms with E-state index in [4.69, 9.17) is 9.47 Å².